The van der Waals surface area contributed by atoms with E-state index in [9.17, 15) is 14.5 Å². The molecule has 216 valence electrons. The Kier molecular flexibility index (Phi) is 6.99. The second kappa shape index (κ2) is 9.93. The Hall–Kier alpha value is -3.36. The maximum Gasteiger partial charge on any atom is 0.459 e. The minimum absolute atomic E-state index is 0.0708. The summed E-state index contributed by atoms with van der Waals surface area (Å²) in [5.74, 6) is -0.284. The van der Waals surface area contributed by atoms with E-state index in [2.05, 4.69) is 25.4 Å². The molecule has 2 aliphatic rings. The number of alkyl halides is 1. The first-order chi connectivity index (χ1) is 18.8. The third-order valence-electron chi connectivity index (χ3n) is 6.87. The Labute approximate surface area is 229 Å². The third kappa shape index (κ3) is 4.57. The van der Waals surface area contributed by atoms with Gasteiger partial charge in [0.15, 0.2) is 35.0 Å². The van der Waals surface area contributed by atoms with Gasteiger partial charge in [-0.1, -0.05) is 18.2 Å². The largest absolute Gasteiger partial charge is 0.462 e. The highest BCUT2D eigenvalue weighted by molar-refractivity contribution is 7.52. The minimum Gasteiger partial charge on any atom is -0.462 e. The normalized spacial score (nSPS) is 29.6. The SMILES string of the molecule is CNc1nc(N)nc2c1ncn2[C@@H]1O[C@]2(C)C(O[P@@](=O)(N[C@@H](C)C(=O)OC(C)C)Oc3ccccc3)[C@]2(O)[C@H]1F. The van der Waals surface area contributed by atoms with Gasteiger partial charge in [-0.2, -0.15) is 15.1 Å². The molecule has 5 rings (SSSR count). The highest BCUT2D eigenvalue weighted by Gasteiger charge is 2.88. The molecule has 5 N–H and O–H groups in total. The molecular weight excluding hydrogens is 548 g/mol. The number of hydrogen-bond donors (Lipinski definition) is 4. The zero-order valence-electron chi connectivity index (χ0n) is 22.4. The predicted molar refractivity (Wildman–Crippen MR) is 141 cm³/mol. The summed E-state index contributed by atoms with van der Waals surface area (Å²) in [7, 11) is -2.79. The van der Waals surface area contributed by atoms with Gasteiger partial charge in [0.25, 0.3) is 0 Å². The molecule has 0 amide bonds. The van der Waals surface area contributed by atoms with E-state index in [0.717, 1.165) is 0 Å². The molecule has 2 aromatic heterocycles. The molecule has 1 unspecified atom stereocenters. The van der Waals surface area contributed by atoms with Crippen molar-refractivity contribution >= 4 is 36.6 Å². The Balaban J connectivity index is 1.41. The third-order valence-corrected chi connectivity index (χ3v) is 8.51. The Morgan fingerprint density at radius 3 is 2.58 bits per heavy atom. The summed E-state index contributed by atoms with van der Waals surface area (Å²) in [6.07, 6.45) is -3.97. The number of imidazole rings is 1. The number of benzene rings is 1. The van der Waals surface area contributed by atoms with Crippen molar-refractivity contribution in [3.63, 3.8) is 0 Å². The lowest BCUT2D eigenvalue weighted by Gasteiger charge is -2.27. The number of carbonyl (C=O) groups is 1. The molecular formula is C24H31FN7O7P. The summed E-state index contributed by atoms with van der Waals surface area (Å²) >= 11 is 0. The van der Waals surface area contributed by atoms with Gasteiger partial charge in [0.1, 0.15) is 23.5 Å². The Morgan fingerprint density at radius 2 is 1.98 bits per heavy atom. The molecule has 0 spiro atoms. The fourth-order valence-corrected chi connectivity index (χ4v) is 6.57. The van der Waals surface area contributed by atoms with E-state index in [4.69, 9.17) is 24.3 Å². The summed E-state index contributed by atoms with van der Waals surface area (Å²) in [5, 5.41) is 16.8. The number of fused-ring (bicyclic) bond motifs is 2. The lowest BCUT2D eigenvalue weighted by atomic mass is 10.1. The topological polar surface area (TPSA) is 185 Å². The first kappa shape index (κ1) is 28.2. The summed E-state index contributed by atoms with van der Waals surface area (Å²) in [6.45, 7) is 6.18. The van der Waals surface area contributed by atoms with Crippen LogP contribution in [0.2, 0.25) is 0 Å². The van der Waals surface area contributed by atoms with Gasteiger partial charge in [-0.15, -0.1) is 0 Å². The van der Waals surface area contributed by atoms with Gasteiger partial charge in [-0.05, 0) is 39.8 Å². The van der Waals surface area contributed by atoms with Crippen LogP contribution in [0, 0.1) is 0 Å². The molecule has 1 saturated heterocycles. The van der Waals surface area contributed by atoms with E-state index in [1.165, 1.54) is 36.9 Å². The van der Waals surface area contributed by atoms with Gasteiger partial charge in [0, 0.05) is 7.05 Å². The molecule has 14 nitrogen and oxygen atoms in total. The maximum absolute atomic E-state index is 16.0. The molecule has 0 radical (unpaired) electrons. The van der Waals surface area contributed by atoms with Crippen LogP contribution >= 0.6 is 7.75 Å². The summed E-state index contributed by atoms with van der Waals surface area (Å²) < 4.78 is 53.8. The van der Waals surface area contributed by atoms with Crippen LogP contribution in [0.15, 0.2) is 36.7 Å². The van der Waals surface area contributed by atoms with Crippen molar-refractivity contribution in [1.29, 1.82) is 0 Å². The number of aromatic nitrogens is 4. The number of ether oxygens (including phenoxy) is 2. The molecule has 1 aromatic carbocycles. The predicted octanol–water partition coefficient (Wildman–Crippen LogP) is 2.32. The number of esters is 1. The van der Waals surface area contributed by atoms with E-state index in [0.29, 0.717) is 11.3 Å². The summed E-state index contributed by atoms with van der Waals surface area (Å²) in [4.78, 5) is 24.9. The fraction of sp³-hybridized carbons (Fsp3) is 0.500. The number of nitrogens with zero attached hydrogens (tertiary/aromatic N) is 4. The lowest BCUT2D eigenvalue weighted by Crippen LogP contribution is -2.38. The molecule has 16 heteroatoms. The second-order valence-corrected chi connectivity index (χ2v) is 11.7. The van der Waals surface area contributed by atoms with Crippen LogP contribution in [0.1, 0.15) is 33.9 Å². The minimum atomic E-state index is -4.41. The maximum atomic E-state index is 16.0. The van der Waals surface area contributed by atoms with Crippen molar-refractivity contribution < 1.29 is 37.4 Å². The van der Waals surface area contributed by atoms with Crippen molar-refractivity contribution in [2.75, 3.05) is 18.1 Å². The molecule has 0 bridgehead atoms. The number of para-hydroxylation sites is 1. The number of nitrogen functional groups attached to an aromatic ring is 1. The monoisotopic (exact) mass is 579 g/mol. The highest BCUT2D eigenvalue weighted by atomic mass is 31.2. The first-order valence-corrected chi connectivity index (χ1v) is 14.1. The number of aliphatic hydroxyl groups is 1. The van der Waals surface area contributed by atoms with Crippen LogP contribution < -0.4 is 20.7 Å². The van der Waals surface area contributed by atoms with Crippen LogP contribution in [-0.2, 0) is 23.4 Å². The van der Waals surface area contributed by atoms with Crippen molar-refractivity contribution in [3.05, 3.63) is 36.7 Å². The van der Waals surface area contributed by atoms with Crippen LogP contribution in [0.25, 0.3) is 11.2 Å². The molecule has 3 aromatic rings. The van der Waals surface area contributed by atoms with Gasteiger partial charge in [0.05, 0.1) is 12.4 Å². The number of hydrogen-bond acceptors (Lipinski definition) is 12. The van der Waals surface area contributed by atoms with E-state index in [-0.39, 0.29) is 17.3 Å². The van der Waals surface area contributed by atoms with Gasteiger partial charge in [-0.25, -0.2) is 13.9 Å². The first-order valence-electron chi connectivity index (χ1n) is 12.6. The van der Waals surface area contributed by atoms with Crippen LogP contribution in [0.3, 0.4) is 0 Å². The van der Waals surface area contributed by atoms with Crippen molar-refractivity contribution in [1.82, 2.24) is 24.6 Å². The van der Waals surface area contributed by atoms with Gasteiger partial charge < -0.3 is 30.2 Å². The molecule has 40 heavy (non-hydrogen) atoms. The zero-order valence-corrected chi connectivity index (χ0v) is 23.3. The summed E-state index contributed by atoms with van der Waals surface area (Å²) in [6, 6.07) is 6.95. The number of halogens is 1. The average Bonchev–Trinajstić information content (AvgIpc) is 3.15. The molecule has 2 fully saturated rings. The molecule has 1 aliphatic heterocycles. The van der Waals surface area contributed by atoms with Crippen molar-refractivity contribution in [2.24, 2.45) is 0 Å². The molecule has 7 atom stereocenters. The zero-order chi connectivity index (χ0) is 29.0. The highest BCUT2D eigenvalue weighted by Crippen LogP contribution is 2.68. The average molecular weight is 580 g/mol. The Bertz CT molecular complexity index is 1480. The van der Waals surface area contributed by atoms with E-state index in [1.807, 2.05) is 0 Å². The number of anilines is 2. The van der Waals surface area contributed by atoms with E-state index < -0.39 is 55.6 Å². The van der Waals surface area contributed by atoms with Crippen molar-refractivity contribution in [3.8, 4) is 5.75 Å². The lowest BCUT2D eigenvalue weighted by molar-refractivity contribution is -0.149. The Morgan fingerprint density at radius 1 is 1.27 bits per heavy atom. The van der Waals surface area contributed by atoms with E-state index >= 15 is 4.39 Å². The van der Waals surface area contributed by atoms with Crippen LogP contribution in [0.4, 0.5) is 16.2 Å². The number of nitrogens with one attached hydrogen (secondary N) is 2. The van der Waals surface area contributed by atoms with Gasteiger partial charge in [-0.3, -0.25) is 13.9 Å². The van der Waals surface area contributed by atoms with Crippen molar-refractivity contribution in [2.45, 2.75) is 69.5 Å². The van der Waals surface area contributed by atoms with Crippen LogP contribution in [0.5, 0.6) is 5.75 Å². The van der Waals surface area contributed by atoms with Gasteiger partial charge >= 0.3 is 13.7 Å². The number of rotatable bonds is 10. The smallest absolute Gasteiger partial charge is 0.459 e. The molecule has 1 saturated carbocycles. The number of carbonyl (C=O) groups excluding carboxylic acids is 1. The van der Waals surface area contributed by atoms with Crippen LogP contribution in [-0.4, -0.2) is 73.3 Å². The molecule has 3 heterocycles. The summed E-state index contributed by atoms with van der Waals surface area (Å²) in [5.41, 5.74) is 2.45. The van der Waals surface area contributed by atoms with Gasteiger partial charge in [0.2, 0.25) is 5.95 Å². The quantitative estimate of drug-likeness (QED) is 0.203. The fourth-order valence-electron chi connectivity index (χ4n) is 4.80. The second-order valence-electron chi connectivity index (χ2n) is 10.1. The standard InChI is InChI=1S/C24H31FN7O7P/c1-12(2)36-20(33)13(3)31-40(35,38-14-9-7-6-8-10-14)39-21-23(4)24(21,34)16(25)19(37-23)32-11-28-15-17(27-5)29-22(26)30-18(15)32/h6-13,16,19,21,34H,1-5H3,(H,31,35)(H3,26,27,29,30)/t13-,16-,19+,21?,23+,24+,40+/m0/s1. The molecule has 1 aliphatic carbocycles. The number of nitrogens with two attached hydrogens (primary N) is 1. The van der Waals surface area contributed by atoms with E-state index in [1.54, 1.807) is 39.1 Å².